The molecule has 1 rings (SSSR count). The Morgan fingerprint density at radius 1 is 1.45 bits per heavy atom. The van der Waals surface area contributed by atoms with Gasteiger partial charge >= 0.3 is 6.18 Å². The monoisotopic (exact) mass is 298 g/mol. The van der Waals surface area contributed by atoms with Gasteiger partial charge in [-0.3, -0.25) is 4.79 Å². The predicted octanol–water partition coefficient (Wildman–Crippen LogP) is 0.384. The molecule has 1 aliphatic heterocycles. The van der Waals surface area contributed by atoms with E-state index in [0.29, 0.717) is 18.1 Å². The van der Waals surface area contributed by atoms with Gasteiger partial charge in [-0.15, -0.1) is 0 Å². The summed E-state index contributed by atoms with van der Waals surface area (Å²) in [5.41, 5.74) is 0. The van der Waals surface area contributed by atoms with Gasteiger partial charge in [0.25, 0.3) is 0 Å². The fourth-order valence-corrected chi connectivity index (χ4v) is 2.17. The number of hydrogen-bond donors (Lipinski definition) is 2. The molecule has 0 aromatic rings. The topological polar surface area (TPSA) is 61.8 Å². The molecule has 20 heavy (non-hydrogen) atoms. The fraction of sp³-hybridized carbons (Fsp3) is 0.917. The summed E-state index contributed by atoms with van der Waals surface area (Å²) in [5.74, 6) is -1.25. The SMILES string of the molecule is CCCNC1COCC1C(=O)N(CCO)CC(F)(F)F. The first-order chi connectivity index (χ1) is 9.39. The van der Waals surface area contributed by atoms with Crippen molar-refractivity contribution in [3.05, 3.63) is 0 Å². The van der Waals surface area contributed by atoms with E-state index in [9.17, 15) is 18.0 Å². The maximum absolute atomic E-state index is 12.5. The van der Waals surface area contributed by atoms with E-state index in [1.807, 2.05) is 6.92 Å². The Labute approximate surface area is 116 Å². The molecule has 8 heteroatoms. The number of aliphatic hydroxyl groups is 1. The van der Waals surface area contributed by atoms with Crippen LogP contribution in [-0.2, 0) is 9.53 Å². The van der Waals surface area contributed by atoms with Gasteiger partial charge in [0, 0.05) is 12.6 Å². The van der Waals surface area contributed by atoms with E-state index in [0.717, 1.165) is 6.42 Å². The third-order valence-electron chi connectivity index (χ3n) is 3.11. The molecule has 2 unspecified atom stereocenters. The molecule has 0 aliphatic carbocycles. The number of hydrogen-bond acceptors (Lipinski definition) is 4. The van der Waals surface area contributed by atoms with E-state index in [-0.39, 0.29) is 19.2 Å². The Hall–Kier alpha value is -0.860. The maximum Gasteiger partial charge on any atom is 0.406 e. The molecule has 1 heterocycles. The standard InChI is InChI=1S/C12H21F3N2O3/c1-2-3-16-10-7-20-6-9(10)11(19)17(4-5-18)8-12(13,14)15/h9-10,16,18H,2-8H2,1H3. The van der Waals surface area contributed by atoms with E-state index in [2.05, 4.69) is 5.32 Å². The summed E-state index contributed by atoms with van der Waals surface area (Å²) in [5, 5.41) is 11.9. The molecule has 0 saturated carbocycles. The van der Waals surface area contributed by atoms with Crippen molar-refractivity contribution in [3.8, 4) is 0 Å². The van der Waals surface area contributed by atoms with Crippen LogP contribution in [0, 0.1) is 5.92 Å². The van der Waals surface area contributed by atoms with Gasteiger partial charge in [-0.1, -0.05) is 6.92 Å². The molecule has 0 bridgehead atoms. The molecular formula is C12H21F3N2O3. The average Bonchev–Trinajstić information content (AvgIpc) is 2.81. The van der Waals surface area contributed by atoms with Gasteiger partial charge in [0.1, 0.15) is 6.54 Å². The molecule has 5 nitrogen and oxygen atoms in total. The van der Waals surface area contributed by atoms with E-state index < -0.39 is 31.2 Å². The first-order valence-electron chi connectivity index (χ1n) is 6.66. The zero-order valence-corrected chi connectivity index (χ0v) is 11.4. The van der Waals surface area contributed by atoms with Crippen molar-refractivity contribution in [2.45, 2.75) is 25.6 Å². The number of amides is 1. The summed E-state index contributed by atoms with van der Waals surface area (Å²) < 4.78 is 42.6. The smallest absolute Gasteiger partial charge is 0.395 e. The van der Waals surface area contributed by atoms with Gasteiger partial charge < -0.3 is 20.1 Å². The zero-order chi connectivity index (χ0) is 15.2. The molecule has 1 aliphatic rings. The number of alkyl halides is 3. The minimum atomic E-state index is -4.48. The number of rotatable bonds is 7. The molecule has 1 amide bonds. The number of aliphatic hydroxyl groups excluding tert-OH is 1. The van der Waals surface area contributed by atoms with Crippen LogP contribution in [0.4, 0.5) is 13.2 Å². The van der Waals surface area contributed by atoms with Crippen LogP contribution < -0.4 is 5.32 Å². The van der Waals surface area contributed by atoms with Crippen LogP contribution in [0.5, 0.6) is 0 Å². The number of nitrogens with one attached hydrogen (secondary N) is 1. The lowest BCUT2D eigenvalue weighted by Gasteiger charge is -2.28. The minimum Gasteiger partial charge on any atom is -0.395 e. The number of halogens is 3. The van der Waals surface area contributed by atoms with Crippen molar-refractivity contribution < 1.29 is 27.8 Å². The van der Waals surface area contributed by atoms with Crippen molar-refractivity contribution in [2.24, 2.45) is 5.92 Å². The minimum absolute atomic E-state index is 0.111. The Morgan fingerprint density at radius 2 is 2.15 bits per heavy atom. The highest BCUT2D eigenvalue weighted by Crippen LogP contribution is 2.21. The average molecular weight is 298 g/mol. The summed E-state index contributed by atoms with van der Waals surface area (Å²) in [6.07, 6.45) is -3.61. The lowest BCUT2D eigenvalue weighted by molar-refractivity contribution is -0.164. The van der Waals surface area contributed by atoms with Crippen molar-refractivity contribution in [1.82, 2.24) is 10.2 Å². The molecule has 0 aromatic carbocycles. The molecule has 0 aromatic heterocycles. The Kier molecular flexibility index (Phi) is 6.70. The molecule has 0 spiro atoms. The molecule has 1 fully saturated rings. The summed E-state index contributed by atoms with van der Waals surface area (Å²) in [4.78, 5) is 12.8. The first kappa shape index (κ1) is 17.2. The first-order valence-corrected chi connectivity index (χ1v) is 6.66. The van der Waals surface area contributed by atoms with Gasteiger partial charge in [0.2, 0.25) is 5.91 Å². The second kappa shape index (κ2) is 7.80. The van der Waals surface area contributed by atoms with Crippen LogP contribution in [0.2, 0.25) is 0 Å². The van der Waals surface area contributed by atoms with E-state index in [1.54, 1.807) is 0 Å². The van der Waals surface area contributed by atoms with Crippen LogP contribution in [0.1, 0.15) is 13.3 Å². The van der Waals surface area contributed by atoms with Crippen LogP contribution in [0.15, 0.2) is 0 Å². The highest BCUT2D eigenvalue weighted by atomic mass is 19.4. The molecule has 118 valence electrons. The van der Waals surface area contributed by atoms with Crippen LogP contribution in [0.25, 0.3) is 0 Å². The lowest BCUT2D eigenvalue weighted by atomic mass is 10.0. The summed E-state index contributed by atoms with van der Waals surface area (Å²) in [6, 6.07) is -0.267. The summed E-state index contributed by atoms with van der Waals surface area (Å²) in [7, 11) is 0. The molecular weight excluding hydrogens is 277 g/mol. The summed E-state index contributed by atoms with van der Waals surface area (Å²) >= 11 is 0. The zero-order valence-electron chi connectivity index (χ0n) is 11.4. The van der Waals surface area contributed by atoms with Gasteiger partial charge in [0.15, 0.2) is 0 Å². The number of nitrogens with zero attached hydrogens (tertiary/aromatic N) is 1. The highest BCUT2D eigenvalue weighted by Gasteiger charge is 2.40. The van der Waals surface area contributed by atoms with Crippen molar-refractivity contribution in [2.75, 3.05) is 39.5 Å². The Balaban J connectivity index is 2.67. The second-order valence-electron chi connectivity index (χ2n) is 4.80. The van der Waals surface area contributed by atoms with Crippen LogP contribution in [0.3, 0.4) is 0 Å². The van der Waals surface area contributed by atoms with Crippen molar-refractivity contribution >= 4 is 5.91 Å². The Morgan fingerprint density at radius 3 is 2.70 bits per heavy atom. The maximum atomic E-state index is 12.5. The van der Waals surface area contributed by atoms with E-state index in [4.69, 9.17) is 9.84 Å². The molecule has 1 saturated heterocycles. The van der Waals surface area contributed by atoms with Crippen molar-refractivity contribution in [3.63, 3.8) is 0 Å². The second-order valence-corrected chi connectivity index (χ2v) is 4.80. The summed E-state index contributed by atoms with van der Waals surface area (Å²) in [6.45, 7) is 0.898. The third kappa shape index (κ3) is 5.26. The predicted molar refractivity (Wildman–Crippen MR) is 66.1 cm³/mol. The third-order valence-corrected chi connectivity index (χ3v) is 3.11. The number of carbonyl (C=O) groups is 1. The fourth-order valence-electron chi connectivity index (χ4n) is 2.17. The highest BCUT2D eigenvalue weighted by molar-refractivity contribution is 5.80. The quantitative estimate of drug-likeness (QED) is 0.713. The van der Waals surface area contributed by atoms with Crippen LogP contribution in [-0.4, -0.2) is 67.6 Å². The van der Waals surface area contributed by atoms with E-state index in [1.165, 1.54) is 0 Å². The number of ether oxygens (including phenoxy) is 1. The molecule has 2 N–H and O–H groups in total. The van der Waals surface area contributed by atoms with Crippen LogP contribution >= 0.6 is 0 Å². The van der Waals surface area contributed by atoms with Gasteiger partial charge in [-0.05, 0) is 13.0 Å². The lowest BCUT2D eigenvalue weighted by Crippen LogP contribution is -2.49. The normalized spacial score (nSPS) is 23.1. The molecule has 2 atom stereocenters. The molecule has 0 radical (unpaired) electrons. The van der Waals surface area contributed by atoms with Gasteiger partial charge in [0.05, 0.1) is 25.7 Å². The van der Waals surface area contributed by atoms with Gasteiger partial charge in [-0.25, -0.2) is 0 Å². The largest absolute Gasteiger partial charge is 0.406 e. The van der Waals surface area contributed by atoms with Gasteiger partial charge in [-0.2, -0.15) is 13.2 Å². The number of carbonyl (C=O) groups excluding carboxylic acids is 1. The van der Waals surface area contributed by atoms with Crippen molar-refractivity contribution in [1.29, 1.82) is 0 Å². The van der Waals surface area contributed by atoms with E-state index >= 15 is 0 Å². The Bertz CT molecular complexity index is 313.